The second-order valence-electron chi connectivity index (χ2n) is 4.28. The molecule has 0 amide bonds. The van der Waals surface area contributed by atoms with Gasteiger partial charge in [-0.15, -0.1) is 0 Å². The molecule has 0 aliphatic heterocycles. The van der Waals surface area contributed by atoms with Gasteiger partial charge in [0, 0.05) is 12.0 Å². The molecule has 0 aromatic heterocycles. The van der Waals surface area contributed by atoms with Crippen LogP contribution < -0.4 is 0 Å². The van der Waals surface area contributed by atoms with Gasteiger partial charge in [-0.2, -0.15) is 0 Å². The molecule has 1 aliphatic carbocycles. The Kier molecular flexibility index (Phi) is 2.17. The Bertz CT molecular complexity index is 192. The zero-order chi connectivity index (χ0) is 9.41. The second kappa shape index (κ2) is 2.73. The number of rotatable bonds is 3. The molecule has 70 valence electrons. The van der Waals surface area contributed by atoms with Crippen LogP contribution in [-0.2, 0) is 4.79 Å². The molecule has 1 fully saturated rings. The van der Waals surface area contributed by atoms with E-state index in [0.29, 0.717) is 12.8 Å². The van der Waals surface area contributed by atoms with Crippen LogP contribution in [0, 0.1) is 10.8 Å². The quantitative estimate of drug-likeness (QED) is 0.673. The van der Waals surface area contributed by atoms with Gasteiger partial charge in [0.25, 0.3) is 0 Å². The fraction of sp³-hybridized carbons (Fsp3) is 0.889. The van der Waals surface area contributed by atoms with E-state index in [2.05, 4.69) is 0 Å². The molecule has 1 aliphatic rings. The Hall–Kier alpha value is -0.570. The van der Waals surface area contributed by atoms with Crippen molar-refractivity contribution in [1.82, 2.24) is 0 Å². The van der Waals surface area contributed by atoms with Crippen molar-refractivity contribution < 1.29 is 15.0 Å². The van der Waals surface area contributed by atoms with Crippen molar-refractivity contribution >= 4 is 5.97 Å². The van der Waals surface area contributed by atoms with Crippen molar-refractivity contribution in [3.63, 3.8) is 0 Å². The van der Waals surface area contributed by atoms with E-state index < -0.39 is 16.8 Å². The highest BCUT2D eigenvalue weighted by Crippen LogP contribution is 2.53. The zero-order valence-electron chi connectivity index (χ0n) is 7.63. The standard InChI is InChI=1S/C9H16O3/c1-8(2,6-10)9(7(11)12)4-3-5-9/h10H,3-6H2,1-2H3,(H,11,12). The molecule has 0 aromatic rings. The highest BCUT2D eigenvalue weighted by molar-refractivity contribution is 5.76. The minimum atomic E-state index is -0.757. The van der Waals surface area contributed by atoms with Gasteiger partial charge in [0.15, 0.2) is 0 Å². The molecule has 0 spiro atoms. The minimum absolute atomic E-state index is 0.0563. The van der Waals surface area contributed by atoms with Crippen molar-refractivity contribution in [2.75, 3.05) is 6.61 Å². The van der Waals surface area contributed by atoms with E-state index in [4.69, 9.17) is 10.2 Å². The number of aliphatic carboxylic acids is 1. The molecule has 0 heterocycles. The summed E-state index contributed by atoms with van der Waals surface area (Å²) in [5, 5.41) is 18.1. The van der Waals surface area contributed by atoms with Crippen LogP contribution in [0.25, 0.3) is 0 Å². The fourth-order valence-corrected chi connectivity index (χ4v) is 1.86. The first kappa shape index (κ1) is 9.52. The van der Waals surface area contributed by atoms with Gasteiger partial charge in [-0.25, -0.2) is 0 Å². The number of aliphatic hydroxyl groups excluding tert-OH is 1. The average molecular weight is 172 g/mol. The van der Waals surface area contributed by atoms with Gasteiger partial charge in [-0.05, 0) is 12.8 Å². The van der Waals surface area contributed by atoms with E-state index in [1.807, 2.05) is 13.8 Å². The fourth-order valence-electron chi connectivity index (χ4n) is 1.86. The van der Waals surface area contributed by atoms with E-state index in [9.17, 15) is 4.79 Å². The highest BCUT2D eigenvalue weighted by atomic mass is 16.4. The second-order valence-corrected chi connectivity index (χ2v) is 4.28. The van der Waals surface area contributed by atoms with Crippen LogP contribution in [0.3, 0.4) is 0 Å². The van der Waals surface area contributed by atoms with E-state index in [1.54, 1.807) is 0 Å². The van der Waals surface area contributed by atoms with Gasteiger partial charge >= 0.3 is 5.97 Å². The van der Waals surface area contributed by atoms with Gasteiger partial charge < -0.3 is 10.2 Å². The molecule has 0 saturated heterocycles. The van der Waals surface area contributed by atoms with Gasteiger partial charge in [0.1, 0.15) is 0 Å². The van der Waals surface area contributed by atoms with Gasteiger partial charge in [-0.3, -0.25) is 4.79 Å². The smallest absolute Gasteiger partial charge is 0.310 e. The number of carbonyl (C=O) groups is 1. The molecule has 12 heavy (non-hydrogen) atoms. The number of carboxylic acids is 1. The van der Waals surface area contributed by atoms with Crippen LogP contribution in [0.2, 0.25) is 0 Å². The van der Waals surface area contributed by atoms with Crippen LogP contribution in [0.5, 0.6) is 0 Å². The normalized spacial score (nSPS) is 21.6. The lowest BCUT2D eigenvalue weighted by Crippen LogP contribution is -2.51. The lowest BCUT2D eigenvalue weighted by Gasteiger charge is -2.48. The van der Waals surface area contributed by atoms with Crippen LogP contribution in [0.1, 0.15) is 33.1 Å². The molecule has 0 radical (unpaired) electrons. The van der Waals surface area contributed by atoms with E-state index in [0.717, 1.165) is 6.42 Å². The van der Waals surface area contributed by atoms with Gasteiger partial charge in [0.05, 0.1) is 5.41 Å². The van der Waals surface area contributed by atoms with Crippen molar-refractivity contribution in [3.8, 4) is 0 Å². The van der Waals surface area contributed by atoms with E-state index in [-0.39, 0.29) is 6.61 Å². The maximum absolute atomic E-state index is 11.0. The minimum Gasteiger partial charge on any atom is -0.481 e. The van der Waals surface area contributed by atoms with Crippen molar-refractivity contribution in [3.05, 3.63) is 0 Å². The Morgan fingerprint density at radius 1 is 1.50 bits per heavy atom. The third-order valence-corrected chi connectivity index (χ3v) is 3.31. The average Bonchev–Trinajstić information content (AvgIpc) is 1.83. The first-order valence-corrected chi connectivity index (χ1v) is 4.30. The van der Waals surface area contributed by atoms with Crippen LogP contribution in [-0.4, -0.2) is 22.8 Å². The third-order valence-electron chi connectivity index (χ3n) is 3.31. The van der Waals surface area contributed by atoms with Gasteiger partial charge in [0.2, 0.25) is 0 Å². The Balaban J connectivity index is 2.87. The van der Waals surface area contributed by atoms with Crippen molar-refractivity contribution in [2.45, 2.75) is 33.1 Å². The molecule has 0 aromatic carbocycles. The molecule has 1 saturated carbocycles. The summed E-state index contributed by atoms with van der Waals surface area (Å²) in [6, 6.07) is 0. The zero-order valence-corrected chi connectivity index (χ0v) is 7.63. The Morgan fingerprint density at radius 2 is 2.00 bits per heavy atom. The summed E-state index contributed by atoms with van der Waals surface area (Å²) in [5.41, 5.74) is -1.15. The lowest BCUT2D eigenvalue weighted by atomic mass is 9.54. The van der Waals surface area contributed by atoms with E-state index >= 15 is 0 Å². The molecular weight excluding hydrogens is 156 g/mol. The first-order chi connectivity index (χ1) is 5.46. The highest BCUT2D eigenvalue weighted by Gasteiger charge is 2.54. The van der Waals surface area contributed by atoms with Crippen molar-refractivity contribution in [1.29, 1.82) is 0 Å². The summed E-state index contributed by atoms with van der Waals surface area (Å²) >= 11 is 0. The number of carboxylic acid groups (broad SMARTS) is 1. The summed E-state index contributed by atoms with van der Waals surface area (Å²) in [6.07, 6.45) is 2.38. The Labute approximate surface area is 72.4 Å². The third kappa shape index (κ3) is 1.04. The summed E-state index contributed by atoms with van der Waals surface area (Å²) in [7, 11) is 0. The van der Waals surface area contributed by atoms with Crippen molar-refractivity contribution in [2.24, 2.45) is 10.8 Å². The Morgan fingerprint density at radius 3 is 2.08 bits per heavy atom. The predicted octanol–water partition coefficient (Wildman–Crippen LogP) is 1.26. The monoisotopic (exact) mass is 172 g/mol. The first-order valence-electron chi connectivity index (χ1n) is 4.30. The molecule has 3 nitrogen and oxygen atoms in total. The van der Waals surface area contributed by atoms with E-state index in [1.165, 1.54) is 0 Å². The topological polar surface area (TPSA) is 57.5 Å². The predicted molar refractivity (Wildman–Crippen MR) is 44.8 cm³/mol. The number of hydrogen-bond donors (Lipinski definition) is 2. The molecule has 0 unspecified atom stereocenters. The lowest BCUT2D eigenvalue weighted by molar-refractivity contribution is -0.169. The number of aliphatic hydroxyl groups is 1. The SMILES string of the molecule is CC(C)(CO)C1(C(=O)O)CCC1. The number of hydrogen-bond acceptors (Lipinski definition) is 2. The maximum Gasteiger partial charge on any atom is 0.310 e. The van der Waals surface area contributed by atoms with Crippen LogP contribution in [0.15, 0.2) is 0 Å². The molecule has 0 atom stereocenters. The molecule has 1 rings (SSSR count). The maximum atomic E-state index is 11.0. The molecule has 3 heteroatoms. The summed E-state index contributed by atoms with van der Waals surface area (Å²) in [6.45, 7) is 3.58. The molecule has 2 N–H and O–H groups in total. The van der Waals surface area contributed by atoms with Crippen LogP contribution >= 0.6 is 0 Å². The van der Waals surface area contributed by atoms with Gasteiger partial charge in [-0.1, -0.05) is 20.3 Å². The molecular formula is C9H16O3. The van der Waals surface area contributed by atoms with Crippen LogP contribution in [0.4, 0.5) is 0 Å². The summed E-state index contributed by atoms with van der Waals surface area (Å²) in [4.78, 5) is 11.0. The largest absolute Gasteiger partial charge is 0.481 e. The summed E-state index contributed by atoms with van der Waals surface area (Å²) in [5.74, 6) is -0.757. The molecule has 0 bridgehead atoms. The summed E-state index contributed by atoms with van der Waals surface area (Å²) < 4.78 is 0.